The molecule has 0 saturated heterocycles. The minimum Gasteiger partial charge on any atom is -0.449 e. The molecule has 2 aromatic heterocycles. The summed E-state index contributed by atoms with van der Waals surface area (Å²) in [7, 11) is 0. The van der Waals surface area contributed by atoms with Crippen molar-refractivity contribution >= 4 is 17.3 Å². The third-order valence-corrected chi connectivity index (χ3v) is 4.70. The second kappa shape index (κ2) is 8.89. The maximum atomic E-state index is 13.5. The predicted octanol–water partition coefficient (Wildman–Crippen LogP) is 0.985. The summed E-state index contributed by atoms with van der Waals surface area (Å²) in [5.74, 6) is -1.36. The molecule has 0 unspecified atom stereocenters. The SMILES string of the molecule is N#Cc1cc(Cl)cc(Oc2c(C(F)(F)F)ncn(Cc3cc(N4C=CN[NH2+]4)c(=O)[nH]n3)c2=O)c1. The van der Waals surface area contributed by atoms with Gasteiger partial charge < -0.3 is 4.74 Å². The van der Waals surface area contributed by atoms with Crippen molar-refractivity contribution in [1.82, 2.24) is 25.2 Å². The maximum absolute atomic E-state index is 13.5. The smallest absolute Gasteiger partial charge is 0.437 e. The number of ether oxygens (including phenoxy) is 1. The van der Waals surface area contributed by atoms with Crippen LogP contribution in [0.25, 0.3) is 0 Å². The Balaban J connectivity index is 1.74. The van der Waals surface area contributed by atoms with E-state index < -0.39 is 28.7 Å². The zero-order valence-electron chi connectivity index (χ0n) is 16.8. The van der Waals surface area contributed by atoms with Crippen molar-refractivity contribution in [2.75, 3.05) is 5.01 Å². The molecule has 11 nitrogen and oxygen atoms in total. The monoisotopic (exact) mass is 493 g/mol. The molecule has 0 amide bonds. The Hall–Kier alpha value is -4.35. The molecule has 1 aliphatic rings. The standard InChI is InChI=1S/C19H12ClF3N8O3/c20-11-3-10(7-24)4-13(5-11)34-15-16(19(21,22)23)25-9-30(18(15)33)8-12-6-14(17(32)28-27-12)31-2-1-26-29-31/h1-6,9,26,29H,8H2,(H,28,32)/p+1. The van der Waals surface area contributed by atoms with E-state index in [1.54, 1.807) is 18.5 Å². The van der Waals surface area contributed by atoms with Gasteiger partial charge in [-0.15, -0.1) is 5.53 Å². The lowest BCUT2D eigenvalue weighted by atomic mass is 10.2. The van der Waals surface area contributed by atoms with Crippen molar-refractivity contribution < 1.29 is 23.4 Å². The average Bonchev–Trinajstić information content (AvgIpc) is 3.31. The molecule has 15 heteroatoms. The first-order valence-corrected chi connectivity index (χ1v) is 9.71. The molecule has 0 bridgehead atoms. The van der Waals surface area contributed by atoms with Gasteiger partial charge in [-0.25, -0.2) is 15.5 Å². The molecule has 3 aromatic rings. The Bertz CT molecular complexity index is 1440. The fourth-order valence-electron chi connectivity index (χ4n) is 3.00. The third-order valence-electron chi connectivity index (χ3n) is 4.48. The number of alkyl halides is 3. The Labute approximate surface area is 192 Å². The molecule has 0 saturated carbocycles. The zero-order valence-corrected chi connectivity index (χ0v) is 17.6. The van der Waals surface area contributed by atoms with Gasteiger partial charge in [-0.1, -0.05) is 11.6 Å². The molecule has 0 atom stereocenters. The third kappa shape index (κ3) is 4.70. The van der Waals surface area contributed by atoms with Crippen LogP contribution < -0.4 is 31.8 Å². The molecular formula is C19H13ClF3N8O3+. The summed E-state index contributed by atoms with van der Waals surface area (Å²) in [5.41, 5.74) is 1.37. The minimum atomic E-state index is -5.00. The predicted molar refractivity (Wildman–Crippen MR) is 110 cm³/mol. The number of rotatable bonds is 5. The first kappa shape index (κ1) is 22.8. The lowest BCUT2D eigenvalue weighted by Gasteiger charge is -2.15. The van der Waals surface area contributed by atoms with Gasteiger partial charge >= 0.3 is 6.18 Å². The molecular weight excluding hydrogens is 481 g/mol. The number of quaternary nitrogens is 1. The van der Waals surface area contributed by atoms with E-state index >= 15 is 0 Å². The number of nitriles is 1. The Morgan fingerprint density at radius 1 is 1.24 bits per heavy atom. The van der Waals surface area contributed by atoms with Gasteiger partial charge in [0.1, 0.15) is 5.75 Å². The number of nitrogens with two attached hydrogens (primary N) is 1. The molecule has 4 rings (SSSR count). The van der Waals surface area contributed by atoms with Gasteiger partial charge in [0.05, 0.1) is 42.6 Å². The van der Waals surface area contributed by atoms with E-state index in [-0.39, 0.29) is 34.3 Å². The highest BCUT2D eigenvalue weighted by Gasteiger charge is 2.39. The number of anilines is 1. The van der Waals surface area contributed by atoms with Crippen LogP contribution >= 0.6 is 11.6 Å². The van der Waals surface area contributed by atoms with Crippen LogP contribution in [-0.2, 0) is 12.7 Å². The molecule has 174 valence electrons. The lowest BCUT2D eigenvalue weighted by molar-refractivity contribution is -0.698. The number of aromatic nitrogens is 4. The highest BCUT2D eigenvalue weighted by molar-refractivity contribution is 6.30. The van der Waals surface area contributed by atoms with Crippen LogP contribution in [0.2, 0.25) is 5.02 Å². The van der Waals surface area contributed by atoms with Gasteiger partial charge in [-0.2, -0.15) is 28.5 Å². The fraction of sp³-hybridized carbons (Fsp3) is 0.105. The van der Waals surface area contributed by atoms with Crippen molar-refractivity contribution in [3.63, 3.8) is 0 Å². The van der Waals surface area contributed by atoms with E-state index in [0.29, 0.717) is 6.33 Å². The number of H-pyrrole nitrogens is 1. The summed E-state index contributed by atoms with van der Waals surface area (Å²) in [5, 5.41) is 16.6. The van der Waals surface area contributed by atoms with Crippen LogP contribution in [0.3, 0.4) is 0 Å². The molecule has 0 spiro atoms. The number of nitrogens with one attached hydrogen (secondary N) is 2. The summed E-state index contributed by atoms with van der Waals surface area (Å²) in [6, 6.07) is 6.73. The summed E-state index contributed by atoms with van der Waals surface area (Å²) in [6.07, 6.45) is -1.17. The van der Waals surface area contributed by atoms with Crippen molar-refractivity contribution in [3.05, 3.63) is 85.7 Å². The Morgan fingerprint density at radius 3 is 2.71 bits per heavy atom. The average molecular weight is 494 g/mol. The van der Waals surface area contributed by atoms with Gasteiger partial charge in [0.15, 0.2) is 11.4 Å². The second-order valence-electron chi connectivity index (χ2n) is 6.84. The van der Waals surface area contributed by atoms with Gasteiger partial charge in [0.2, 0.25) is 5.75 Å². The topological polar surface area (TPSA) is 146 Å². The molecule has 0 radical (unpaired) electrons. The molecule has 0 fully saturated rings. The first-order valence-electron chi connectivity index (χ1n) is 9.34. The largest absolute Gasteiger partial charge is 0.449 e. The van der Waals surface area contributed by atoms with Crippen LogP contribution in [0.1, 0.15) is 17.0 Å². The Kier molecular flexibility index (Phi) is 5.97. The highest BCUT2D eigenvalue weighted by atomic mass is 35.5. The Morgan fingerprint density at radius 2 is 2.03 bits per heavy atom. The number of benzene rings is 1. The second-order valence-corrected chi connectivity index (χ2v) is 7.27. The number of hydrogen-bond donors (Lipinski definition) is 3. The number of halogens is 4. The molecule has 34 heavy (non-hydrogen) atoms. The van der Waals surface area contributed by atoms with Gasteiger partial charge in [-0.3, -0.25) is 14.2 Å². The van der Waals surface area contributed by atoms with Crippen LogP contribution in [0, 0.1) is 11.3 Å². The van der Waals surface area contributed by atoms with Crippen LogP contribution in [0.4, 0.5) is 18.9 Å². The summed E-state index contributed by atoms with van der Waals surface area (Å²) in [4.78, 5) is 28.4. The number of aromatic amines is 1. The number of hydrogen-bond acceptors (Lipinski definition) is 8. The normalized spacial score (nSPS) is 13.0. The summed E-state index contributed by atoms with van der Waals surface area (Å²) < 4.78 is 46.7. The number of nitrogens with zero attached hydrogens (tertiary/aromatic N) is 5. The summed E-state index contributed by atoms with van der Waals surface area (Å²) in [6.45, 7) is -0.325. The fourth-order valence-corrected chi connectivity index (χ4v) is 3.23. The van der Waals surface area contributed by atoms with Gasteiger partial charge in [0.25, 0.3) is 11.1 Å². The van der Waals surface area contributed by atoms with Crippen molar-refractivity contribution in [2.45, 2.75) is 12.7 Å². The zero-order chi connectivity index (χ0) is 24.5. The van der Waals surface area contributed by atoms with E-state index in [2.05, 4.69) is 20.6 Å². The lowest BCUT2D eigenvalue weighted by Crippen LogP contribution is -2.97. The van der Waals surface area contributed by atoms with Crippen LogP contribution in [0.5, 0.6) is 11.5 Å². The van der Waals surface area contributed by atoms with Crippen LogP contribution in [0.15, 0.2) is 52.6 Å². The molecule has 3 heterocycles. The van der Waals surface area contributed by atoms with E-state index in [4.69, 9.17) is 21.6 Å². The van der Waals surface area contributed by atoms with E-state index in [1.807, 2.05) is 0 Å². The van der Waals surface area contributed by atoms with Crippen molar-refractivity contribution in [3.8, 4) is 17.6 Å². The van der Waals surface area contributed by atoms with E-state index in [1.165, 1.54) is 22.7 Å². The minimum absolute atomic E-state index is 0.0208. The molecule has 0 aliphatic carbocycles. The molecule has 4 N–H and O–H groups in total. The van der Waals surface area contributed by atoms with E-state index in [9.17, 15) is 22.8 Å². The summed E-state index contributed by atoms with van der Waals surface area (Å²) >= 11 is 5.88. The first-order chi connectivity index (χ1) is 16.2. The van der Waals surface area contributed by atoms with Crippen LogP contribution in [-0.4, -0.2) is 19.7 Å². The van der Waals surface area contributed by atoms with Crippen molar-refractivity contribution in [2.24, 2.45) is 0 Å². The quantitative estimate of drug-likeness (QED) is 0.446. The van der Waals surface area contributed by atoms with E-state index in [0.717, 1.165) is 16.7 Å². The van der Waals surface area contributed by atoms with Gasteiger partial charge in [0, 0.05) is 5.02 Å². The highest BCUT2D eigenvalue weighted by Crippen LogP contribution is 2.35. The van der Waals surface area contributed by atoms with Crippen molar-refractivity contribution in [1.29, 1.82) is 5.26 Å². The van der Waals surface area contributed by atoms with Gasteiger partial charge in [-0.05, 0) is 24.3 Å². The maximum Gasteiger partial charge on any atom is 0.437 e. The molecule has 1 aromatic carbocycles. The molecule has 1 aliphatic heterocycles.